The fraction of sp³-hybridized carbons (Fsp3) is 0.308. The Balaban J connectivity index is 2.31. The van der Waals surface area contributed by atoms with Crippen molar-refractivity contribution in [2.75, 3.05) is 6.54 Å². The van der Waals surface area contributed by atoms with E-state index in [1.165, 1.54) is 22.2 Å². The largest absolute Gasteiger partial charge is 0.369 e. The van der Waals surface area contributed by atoms with Crippen molar-refractivity contribution in [3.63, 3.8) is 0 Å². The van der Waals surface area contributed by atoms with Crippen LogP contribution in [-0.2, 0) is 18.4 Å². The molecule has 0 saturated carbocycles. The summed E-state index contributed by atoms with van der Waals surface area (Å²) in [6.07, 6.45) is 0. The average molecular weight is 231 g/mol. The van der Waals surface area contributed by atoms with Crippen LogP contribution in [0.2, 0.25) is 0 Å². The highest BCUT2D eigenvalue weighted by Gasteiger charge is 2.10. The zero-order chi connectivity index (χ0) is 12.4. The summed E-state index contributed by atoms with van der Waals surface area (Å²) < 4.78 is 2.15. The molecular weight excluding hydrogens is 214 g/mol. The van der Waals surface area contributed by atoms with Gasteiger partial charge in [0.25, 0.3) is 0 Å². The Bertz CT molecular complexity index is 518. The lowest BCUT2D eigenvalue weighted by Gasteiger charge is -2.06. The van der Waals surface area contributed by atoms with Crippen molar-refractivity contribution in [1.29, 1.82) is 0 Å². The van der Waals surface area contributed by atoms with Crippen LogP contribution in [0.3, 0.4) is 0 Å². The van der Waals surface area contributed by atoms with E-state index < -0.39 is 0 Å². The van der Waals surface area contributed by atoms with Crippen molar-refractivity contribution in [1.82, 2.24) is 9.88 Å². The Labute approximate surface area is 100 Å². The molecule has 0 atom stereocenters. The summed E-state index contributed by atoms with van der Waals surface area (Å²) in [5, 5.41) is 4.30. The van der Waals surface area contributed by atoms with Crippen molar-refractivity contribution < 1.29 is 4.79 Å². The molecule has 1 amide bonds. The molecule has 0 aliphatic heterocycles. The van der Waals surface area contributed by atoms with Gasteiger partial charge in [0.05, 0.1) is 6.54 Å². The third kappa shape index (κ3) is 2.17. The van der Waals surface area contributed by atoms with Gasteiger partial charge in [0.2, 0.25) is 5.91 Å². The highest BCUT2D eigenvalue weighted by Crippen LogP contribution is 2.23. The van der Waals surface area contributed by atoms with Gasteiger partial charge in [-0.25, -0.2) is 0 Å². The highest BCUT2D eigenvalue weighted by molar-refractivity contribution is 5.85. The van der Waals surface area contributed by atoms with Gasteiger partial charge in [0.15, 0.2) is 0 Å². The van der Waals surface area contributed by atoms with Crippen LogP contribution in [0.1, 0.15) is 11.3 Å². The van der Waals surface area contributed by atoms with Crippen LogP contribution in [0.25, 0.3) is 10.9 Å². The fourth-order valence-electron chi connectivity index (χ4n) is 2.19. The van der Waals surface area contributed by atoms with E-state index in [0.717, 1.165) is 0 Å². The summed E-state index contributed by atoms with van der Waals surface area (Å²) >= 11 is 0. The number of para-hydroxylation sites is 1. The molecule has 2 aromatic rings. The molecule has 4 nitrogen and oxygen atoms in total. The third-order valence-electron chi connectivity index (χ3n) is 3.10. The molecule has 0 aliphatic carbocycles. The highest BCUT2D eigenvalue weighted by atomic mass is 16.1. The van der Waals surface area contributed by atoms with Gasteiger partial charge < -0.3 is 15.6 Å². The number of carbonyl (C=O) groups is 1. The minimum atomic E-state index is -0.332. The Hall–Kier alpha value is -1.81. The second-order valence-electron chi connectivity index (χ2n) is 4.22. The first kappa shape index (κ1) is 11.7. The van der Waals surface area contributed by atoms with Crippen molar-refractivity contribution in [2.45, 2.75) is 13.5 Å². The van der Waals surface area contributed by atoms with Gasteiger partial charge in [-0.3, -0.25) is 4.79 Å². The minimum Gasteiger partial charge on any atom is -0.369 e. The van der Waals surface area contributed by atoms with Crippen LogP contribution in [0, 0.1) is 6.92 Å². The van der Waals surface area contributed by atoms with E-state index in [9.17, 15) is 4.79 Å². The molecule has 17 heavy (non-hydrogen) atoms. The number of nitrogens with zero attached hydrogens (tertiary/aromatic N) is 1. The summed E-state index contributed by atoms with van der Waals surface area (Å²) in [6, 6.07) is 8.28. The molecule has 3 N–H and O–H groups in total. The van der Waals surface area contributed by atoms with Crippen LogP contribution in [0.4, 0.5) is 0 Å². The Morgan fingerprint density at radius 1 is 1.41 bits per heavy atom. The fourth-order valence-corrected chi connectivity index (χ4v) is 2.19. The lowest BCUT2D eigenvalue weighted by Crippen LogP contribution is -2.28. The Kier molecular flexibility index (Phi) is 3.15. The van der Waals surface area contributed by atoms with Gasteiger partial charge in [-0.15, -0.1) is 0 Å². The van der Waals surface area contributed by atoms with Crippen LogP contribution in [0.5, 0.6) is 0 Å². The number of rotatable bonds is 4. The van der Waals surface area contributed by atoms with Crippen LogP contribution in [-0.4, -0.2) is 17.0 Å². The number of aryl methyl sites for hydroxylation is 2. The first-order valence-corrected chi connectivity index (χ1v) is 5.63. The zero-order valence-electron chi connectivity index (χ0n) is 10.2. The van der Waals surface area contributed by atoms with Crippen LogP contribution >= 0.6 is 0 Å². The van der Waals surface area contributed by atoms with Gasteiger partial charge in [-0.05, 0) is 18.6 Å². The molecule has 1 heterocycles. The first-order valence-electron chi connectivity index (χ1n) is 5.63. The van der Waals surface area contributed by atoms with Gasteiger partial charge >= 0.3 is 0 Å². The standard InChI is InChI=1S/C13H17N3O/c1-9-10-5-3-4-6-11(10)16(2)12(9)7-15-8-13(14)17/h3-6,15H,7-8H2,1-2H3,(H2,14,17). The monoisotopic (exact) mass is 231 g/mol. The maximum absolute atomic E-state index is 10.7. The van der Waals surface area contributed by atoms with Crippen molar-refractivity contribution >= 4 is 16.8 Å². The number of aromatic nitrogens is 1. The normalized spacial score (nSPS) is 10.9. The smallest absolute Gasteiger partial charge is 0.231 e. The second kappa shape index (κ2) is 4.59. The number of hydrogen-bond donors (Lipinski definition) is 2. The Morgan fingerprint density at radius 3 is 2.76 bits per heavy atom. The van der Waals surface area contributed by atoms with Gasteiger partial charge in [-0.1, -0.05) is 18.2 Å². The maximum atomic E-state index is 10.7. The first-order chi connectivity index (χ1) is 8.11. The molecule has 1 aromatic carbocycles. The van der Waals surface area contributed by atoms with Crippen LogP contribution < -0.4 is 11.1 Å². The number of carbonyl (C=O) groups excluding carboxylic acids is 1. The van der Waals surface area contributed by atoms with E-state index in [1.54, 1.807) is 0 Å². The maximum Gasteiger partial charge on any atom is 0.231 e. The number of primary amides is 1. The van der Waals surface area contributed by atoms with E-state index in [2.05, 4.69) is 28.9 Å². The molecule has 0 bridgehead atoms. The molecule has 0 saturated heterocycles. The summed E-state index contributed by atoms with van der Waals surface area (Å²) in [4.78, 5) is 10.7. The minimum absolute atomic E-state index is 0.209. The molecular formula is C13H17N3O. The summed E-state index contributed by atoms with van der Waals surface area (Å²) in [5.41, 5.74) is 8.75. The molecule has 0 radical (unpaired) electrons. The van der Waals surface area contributed by atoms with Crippen molar-refractivity contribution in [2.24, 2.45) is 12.8 Å². The van der Waals surface area contributed by atoms with E-state index in [0.29, 0.717) is 6.54 Å². The molecule has 4 heteroatoms. The van der Waals surface area contributed by atoms with Crippen molar-refractivity contribution in [3.05, 3.63) is 35.5 Å². The van der Waals surface area contributed by atoms with Crippen LogP contribution in [0.15, 0.2) is 24.3 Å². The number of benzene rings is 1. The quantitative estimate of drug-likeness (QED) is 0.826. The van der Waals surface area contributed by atoms with E-state index in [1.807, 2.05) is 19.2 Å². The summed E-state index contributed by atoms with van der Waals surface area (Å²) in [7, 11) is 2.04. The second-order valence-corrected chi connectivity index (χ2v) is 4.22. The lowest BCUT2D eigenvalue weighted by molar-refractivity contribution is -0.117. The summed E-state index contributed by atoms with van der Waals surface area (Å²) in [6.45, 7) is 2.96. The van der Waals surface area contributed by atoms with Crippen molar-refractivity contribution in [3.8, 4) is 0 Å². The predicted octanol–water partition coefficient (Wildman–Crippen LogP) is 1.06. The summed E-state index contributed by atoms with van der Waals surface area (Å²) in [5.74, 6) is -0.332. The Morgan fingerprint density at radius 2 is 2.12 bits per heavy atom. The molecule has 0 fully saturated rings. The number of hydrogen-bond acceptors (Lipinski definition) is 2. The molecule has 2 rings (SSSR count). The number of nitrogens with two attached hydrogens (primary N) is 1. The van der Waals surface area contributed by atoms with E-state index in [4.69, 9.17) is 5.73 Å². The predicted molar refractivity (Wildman–Crippen MR) is 68.6 cm³/mol. The molecule has 0 unspecified atom stereocenters. The number of amides is 1. The third-order valence-corrected chi connectivity index (χ3v) is 3.10. The van der Waals surface area contributed by atoms with Gasteiger partial charge in [0, 0.05) is 30.2 Å². The van der Waals surface area contributed by atoms with Gasteiger partial charge in [-0.2, -0.15) is 0 Å². The zero-order valence-corrected chi connectivity index (χ0v) is 10.2. The number of fused-ring (bicyclic) bond motifs is 1. The SMILES string of the molecule is Cc1c(CNCC(N)=O)n(C)c2ccccc12. The molecule has 90 valence electrons. The lowest BCUT2D eigenvalue weighted by atomic mass is 10.1. The number of nitrogens with one attached hydrogen (secondary N) is 1. The topological polar surface area (TPSA) is 60.0 Å². The average Bonchev–Trinajstić information content (AvgIpc) is 2.54. The molecule has 0 spiro atoms. The van der Waals surface area contributed by atoms with E-state index in [-0.39, 0.29) is 12.5 Å². The molecule has 0 aliphatic rings. The van der Waals surface area contributed by atoms with Gasteiger partial charge in [0.1, 0.15) is 0 Å². The molecule has 1 aromatic heterocycles. The van der Waals surface area contributed by atoms with E-state index >= 15 is 0 Å².